The lowest BCUT2D eigenvalue weighted by molar-refractivity contribution is 0.132. The highest BCUT2D eigenvalue weighted by atomic mass is 16.5. The van der Waals surface area contributed by atoms with E-state index < -0.39 is 12.1 Å². The third-order valence-electron chi connectivity index (χ3n) is 6.54. The Bertz CT molecular complexity index is 1260. The Morgan fingerprint density at radius 2 is 1.39 bits per heavy atom. The number of benzene rings is 4. The standard InChI is InChI=1S/C31H29NO4/c33-19-24(18-22-14-16-25(17-15-22)35-20-23-8-2-1-3-9-23)32-31(34)36-21-30-28-12-6-4-10-26(28)27-11-5-7-13-29(27)30/h1-17,24,30,33H,18-21H2,(H,32,34)/t24-/m0/s1. The normalized spacial score (nSPS) is 12.9. The first-order chi connectivity index (χ1) is 17.7. The van der Waals surface area contributed by atoms with Gasteiger partial charge in [-0.3, -0.25) is 0 Å². The van der Waals surface area contributed by atoms with Crippen LogP contribution in [0.5, 0.6) is 5.75 Å². The molecule has 36 heavy (non-hydrogen) atoms. The molecule has 0 aromatic heterocycles. The second-order valence-electron chi connectivity index (χ2n) is 8.97. The average Bonchev–Trinajstić information content (AvgIpc) is 3.25. The van der Waals surface area contributed by atoms with Crippen LogP contribution in [0, 0.1) is 0 Å². The SMILES string of the molecule is O=C(N[C@H](CO)Cc1ccc(OCc2ccccc2)cc1)OCC1c2ccccc2-c2ccccc21. The highest BCUT2D eigenvalue weighted by Gasteiger charge is 2.29. The van der Waals surface area contributed by atoms with Crippen LogP contribution in [-0.4, -0.2) is 30.5 Å². The van der Waals surface area contributed by atoms with Gasteiger partial charge >= 0.3 is 6.09 Å². The van der Waals surface area contributed by atoms with Crippen molar-refractivity contribution >= 4 is 6.09 Å². The van der Waals surface area contributed by atoms with Crippen LogP contribution in [-0.2, 0) is 17.8 Å². The number of hydrogen-bond acceptors (Lipinski definition) is 4. The molecule has 5 rings (SSSR count). The Labute approximate surface area is 211 Å². The Morgan fingerprint density at radius 1 is 0.778 bits per heavy atom. The van der Waals surface area contributed by atoms with Gasteiger partial charge in [-0.1, -0.05) is 91.0 Å². The number of hydrogen-bond donors (Lipinski definition) is 2. The monoisotopic (exact) mass is 479 g/mol. The molecule has 0 spiro atoms. The lowest BCUT2D eigenvalue weighted by atomic mass is 9.98. The van der Waals surface area contributed by atoms with Crippen molar-refractivity contribution in [2.45, 2.75) is 25.0 Å². The van der Waals surface area contributed by atoms with Crippen LogP contribution in [0.4, 0.5) is 4.79 Å². The second-order valence-corrected chi connectivity index (χ2v) is 8.97. The summed E-state index contributed by atoms with van der Waals surface area (Å²) < 4.78 is 11.5. The summed E-state index contributed by atoms with van der Waals surface area (Å²) in [6.45, 7) is 0.560. The number of carbonyl (C=O) groups is 1. The molecule has 0 aliphatic heterocycles. The number of aliphatic hydroxyl groups is 1. The largest absolute Gasteiger partial charge is 0.489 e. The minimum absolute atomic E-state index is 0.000781. The smallest absolute Gasteiger partial charge is 0.407 e. The molecule has 4 aromatic rings. The fraction of sp³-hybridized carbons (Fsp3) is 0.194. The van der Waals surface area contributed by atoms with Crippen molar-refractivity contribution in [1.82, 2.24) is 5.32 Å². The van der Waals surface area contributed by atoms with Crippen LogP contribution < -0.4 is 10.1 Å². The number of rotatable bonds is 9. The summed E-state index contributed by atoms with van der Waals surface area (Å²) in [6.07, 6.45) is -0.0432. The third-order valence-corrected chi connectivity index (χ3v) is 6.54. The molecule has 4 aromatic carbocycles. The number of alkyl carbamates (subject to hydrolysis) is 1. The summed E-state index contributed by atoms with van der Waals surface area (Å²) >= 11 is 0. The number of fused-ring (bicyclic) bond motifs is 3. The highest BCUT2D eigenvalue weighted by Crippen LogP contribution is 2.44. The Morgan fingerprint density at radius 3 is 2.03 bits per heavy atom. The molecule has 0 fully saturated rings. The van der Waals surface area contributed by atoms with Gasteiger partial charge in [0, 0.05) is 5.92 Å². The maximum Gasteiger partial charge on any atom is 0.407 e. The molecule has 0 saturated carbocycles. The summed E-state index contributed by atoms with van der Waals surface area (Å²) in [5.74, 6) is 0.770. The molecule has 1 atom stereocenters. The molecule has 0 unspecified atom stereocenters. The first-order valence-electron chi connectivity index (χ1n) is 12.2. The molecule has 0 radical (unpaired) electrons. The van der Waals surface area contributed by atoms with Gasteiger partial charge in [0.1, 0.15) is 19.0 Å². The summed E-state index contributed by atoms with van der Waals surface area (Å²) in [6, 6.07) is 33.7. The molecule has 0 saturated heterocycles. The van der Waals surface area contributed by atoms with Crippen molar-refractivity contribution in [1.29, 1.82) is 0 Å². The molecule has 0 bridgehead atoms. The quantitative estimate of drug-likeness (QED) is 0.323. The zero-order chi connectivity index (χ0) is 24.7. The lowest BCUT2D eigenvalue weighted by Gasteiger charge is -2.19. The van der Waals surface area contributed by atoms with Crippen LogP contribution in [0.15, 0.2) is 103 Å². The first-order valence-corrected chi connectivity index (χ1v) is 12.2. The van der Waals surface area contributed by atoms with E-state index >= 15 is 0 Å². The van der Waals surface area contributed by atoms with E-state index in [1.165, 1.54) is 22.3 Å². The van der Waals surface area contributed by atoms with Crippen LogP contribution >= 0.6 is 0 Å². The van der Waals surface area contributed by atoms with Crippen LogP contribution in [0.3, 0.4) is 0 Å². The van der Waals surface area contributed by atoms with Gasteiger partial charge in [0.15, 0.2) is 0 Å². The zero-order valence-electron chi connectivity index (χ0n) is 20.0. The van der Waals surface area contributed by atoms with Crippen molar-refractivity contribution in [3.63, 3.8) is 0 Å². The van der Waals surface area contributed by atoms with Gasteiger partial charge in [-0.15, -0.1) is 0 Å². The van der Waals surface area contributed by atoms with E-state index in [-0.39, 0.29) is 19.1 Å². The van der Waals surface area contributed by atoms with E-state index in [0.717, 1.165) is 16.9 Å². The van der Waals surface area contributed by atoms with Gasteiger partial charge < -0.3 is 19.9 Å². The predicted octanol–water partition coefficient (Wildman–Crippen LogP) is 5.71. The maximum atomic E-state index is 12.6. The van der Waals surface area contributed by atoms with Crippen LogP contribution in [0.1, 0.15) is 28.2 Å². The van der Waals surface area contributed by atoms with Gasteiger partial charge in [0.2, 0.25) is 0 Å². The van der Waals surface area contributed by atoms with Crippen LogP contribution in [0.25, 0.3) is 11.1 Å². The van der Waals surface area contributed by atoms with Crippen molar-refractivity contribution in [3.05, 3.63) is 125 Å². The average molecular weight is 480 g/mol. The fourth-order valence-electron chi connectivity index (χ4n) is 4.72. The van der Waals surface area contributed by atoms with E-state index in [1.54, 1.807) is 0 Å². The van der Waals surface area contributed by atoms with E-state index in [4.69, 9.17) is 9.47 Å². The van der Waals surface area contributed by atoms with Gasteiger partial charge in [0.05, 0.1) is 12.6 Å². The molecule has 1 amide bonds. The van der Waals surface area contributed by atoms with Crippen molar-refractivity contribution in [2.24, 2.45) is 0 Å². The first kappa shape index (κ1) is 23.6. The molecule has 5 heteroatoms. The van der Waals surface area contributed by atoms with E-state index in [9.17, 15) is 9.90 Å². The Balaban J connectivity index is 1.14. The third kappa shape index (κ3) is 5.42. The Kier molecular flexibility index (Phi) is 7.29. The minimum atomic E-state index is -0.529. The van der Waals surface area contributed by atoms with Gasteiger partial charge in [-0.05, 0) is 51.9 Å². The second kappa shape index (κ2) is 11.1. The molecular weight excluding hydrogens is 450 g/mol. The van der Waals surface area contributed by atoms with Gasteiger partial charge in [-0.25, -0.2) is 4.79 Å². The van der Waals surface area contributed by atoms with Gasteiger partial charge in [0.25, 0.3) is 0 Å². The Hall–Kier alpha value is -4.09. The van der Waals surface area contributed by atoms with E-state index in [0.29, 0.717) is 13.0 Å². The zero-order valence-corrected chi connectivity index (χ0v) is 20.0. The molecule has 1 aliphatic rings. The number of carbonyl (C=O) groups excluding carboxylic acids is 1. The fourth-order valence-corrected chi connectivity index (χ4v) is 4.72. The maximum absolute atomic E-state index is 12.6. The summed E-state index contributed by atoms with van der Waals surface area (Å²) in [7, 11) is 0. The summed E-state index contributed by atoms with van der Waals surface area (Å²) in [5.41, 5.74) is 6.80. The summed E-state index contributed by atoms with van der Waals surface area (Å²) in [5, 5.41) is 12.7. The number of ether oxygens (including phenoxy) is 2. The predicted molar refractivity (Wildman–Crippen MR) is 140 cm³/mol. The topological polar surface area (TPSA) is 67.8 Å². The van der Waals surface area contributed by atoms with Crippen molar-refractivity contribution < 1.29 is 19.4 Å². The molecule has 5 nitrogen and oxygen atoms in total. The molecule has 0 heterocycles. The van der Waals surface area contributed by atoms with Crippen LogP contribution in [0.2, 0.25) is 0 Å². The molecule has 1 aliphatic carbocycles. The van der Waals surface area contributed by atoms with Crippen molar-refractivity contribution in [3.8, 4) is 16.9 Å². The molecule has 2 N–H and O–H groups in total. The summed E-state index contributed by atoms with van der Waals surface area (Å²) in [4.78, 5) is 12.6. The number of amides is 1. The number of aliphatic hydroxyl groups excluding tert-OH is 1. The minimum Gasteiger partial charge on any atom is -0.489 e. The van der Waals surface area contributed by atoms with E-state index in [1.807, 2.05) is 78.9 Å². The van der Waals surface area contributed by atoms with E-state index in [2.05, 4.69) is 29.6 Å². The number of nitrogens with one attached hydrogen (secondary N) is 1. The van der Waals surface area contributed by atoms with Gasteiger partial charge in [-0.2, -0.15) is 0 Å². The molecule has 182 valence electrons. The highest BCUT2D eigenvalue weighted by molar-refractivity contribution is 5.79. The van der Waals surface area contributed by atoms with Crippen molar-refractivity contribution in [2.75, 3.05) is 13.2 Å². The lowest BCUT2D eigenvalue weighted by Crippen LogP contribution is -2.39. The molecular formula is C31H29NO4.